The van der Waals surface area contributed by atoms with Gasteiger partial charge < -0.3 is 10.2 Å². The number of aryl methyl sites for hydroxylation is 1. The Bertz CT molecular complexity index is 1720. The number of anilines is 1. The van der Waals surface area contributed by atoms with Crippen LogP contribution >= 0.6 is 23.5 Å². The highest BCUT2D eigenvalue weighted by atomic mass is 32.2. The molecule has 0 aliphatic carbocycles. The van der Waals surface area contributed by atoms with E-state index in [-0.39, 0.29) is 10.8 Å². The van der Waals surface area contributed by atoms with E-state index in [2.05, 4.69) is 17.5 Å². The third-order valence-corrected chi connectivity index (χ3v) is 8.66. The number of nitrogens with zero attached hydrogens (tertiary/aromatic N) is 3. The highest BCUT2D eigenvalue weighted by molar-refractivity contribution is 8.14. The van der Waals surface area contributed by atoms with Gasteiger partial charge >= 0.3 is 0 Å². The summed E-state index contributed by atoms with van der Waals surface area (Å²) < 4.78 is 0. The van der Waals surface area contributed by atoms with Crippen LogP contribution in [0, 0.1) is 29.6 Å². The molecule has 8 heteroatoms. The van der Waals surface area contributed by atoms with Crippen molar-refractivity contribution in [1.29, 1.82) is 10.5 Å². The Morgan fingerprint density at radius 2 is 1.33 bits per heavy atom. The summed E-state index contributed by atoms with van der Waals surface area (Å²) in [4.78, 5) is 31.7. The molecule has 0 saturated carbocycles. The van der Waals surface area contributed by atoms with E-state index in [4.69, 9.17) is 10.5 Å². The molecule has 45 heavy (non-hydrogen) atoms. The smallest absolute Gasteiger partial charge is 0.248 e. The maximum absolute atomic E-state index is 14.0. The molecule has 0 unspecified atom stereocenters. The molecule has 0 radical (unpaired) electrons. The van der Waals surface area contributed by atoms with E-state index in [9.17, 15) is 9.59 Å². The Balaban J connectivity index is 1.81. The monoisotopic (exact) mass is 628 g/mol. The molecule has 4 rings (SSSR count). The second-order valence-corrected chi connectivity index (χ2v) is 12.0. The molecule has 0 aliphatic rings. The van der Waals surface area contributed by atoms with Gasteiger partial charge in [-0.1, -0.05) is 84.6 Å². The van der Waals surface area contributed by atoms with Crippen LogP contribution in [0.25, 0.3) is 11.0 Å². The predicted octanol–water partition coefficient (Wildman–Crippen LogP) is 8.24. The van der Waals surface area contributed by atoms with Gasteiger partial charge in [-0.05, 0) is 77.9 Å². The second kappa shape index (κ2) is 17.3. The van der Waals surface area contributed by atoms with E-state index in [1.54, 1.807) is 6.08 Å². The first-order valence-corrected chi connectivity index (χ1v) is 16.0. The van der Waals surface area contributed by atoms with E-state index >= 15 is 0 Å². The van der Waals surface area contributed by atoms with Gasteiger partial charge in [-0.25, -0.2) is 0 Å². The highest BCUT2D eigenvalue weighted by Gasteiger charge is 2.23. The predicted molar refractivity (Wildman–Crippen MR) is 184 cm³/mol. The number of amides is 1. The van der Waals surface area contributed by atoms with Crippen LogP contribution in [0.2, 0.25) is 0 Å². The molecule has 0 heterocycles. The summed E-state index contributed by atoms with van der Waals surface area (Å²) in [6.07, 6.45) is 3.81. The molecule has 0 spiro atoms. The van der Waals surface area contributed by atoms with Gasteiger partial charge in [0, 0.05) is 39.5 Å². The van der Waals surface area contributed by atoms with E-state index in [0.717, 1.165) is 43.9 Å². The van der Waals surface area contributed by atoms with Crippen LogP contribution < -0.4 is 10.2 Å². The zero-order chi connectivity index (χ0) is 31.9. The van der Waals surface area contributed by atoms with Crippen LogP contribution in [0.1, 0.15) is 29.5 Å². The summed E-state index contributed by atoms with van der Waals surface area (Å²) in [5.74, 6) is -0.421. The Kier molecular flexibility index (Phi) is 12.7. The molecule has 0 bridgehead atoms. The maximum atomic E-state index is 14.0. The molecular weight excluding hydrogens is 597 g/mol. The summed E-state index contributed by atoms with van der Waals surface area (Å²) in [5, 5.41) is 21.0. The quantitative estimate of drug-likeness (QED) is 0.118. The van der Waals surface area contributed by atoms with Crippen molar-refractivity contribution >= 4 is 51.2 Å². The summed E-state index contributed by atoms with van der Waals surface area (Å²) in [6, 6.07) is 38.8. The Labute approximate surface area is 273 Å². The molecule has 224 valence electrons. The van der Waals surface area contributed by atoms with Gasteiger partial charge in [0.05, 0.1) is 25.0 Å². The Hall–Kier alpha value is -5.02. The Morgan fingerprint density at radius 1 is 0.778 bits per heavy atom. The fourth-order valence-electron chi connectivity index (χ4n) is 4.43. The van der Waals surface area contributed by atoms with Crippen LogP contribution in [-0.2, 0) is 9.59 Å². The number of carbonyl (C=O) groups excluding carboxylic acids is 2. The number of thioether (sulfide) groups is 2. The molecule has 4 aromatic carbocycles. The lowest BCUT2D eigenvalue weighted by Crippen LogP contribution is -2.26. The van der Waals surface area contributed by atoms with Crippen LogP contribution in [0.3, 0.4) is 0 Å². The first kappa shape index (κ1) is 32.9. The van der Waals surface area contributed by atoms with Gasteiger partial charge in [0.1, 0.15) is 5.70 Å². The van der Waals surface area contributed by atoms with E-state index in [1.165, 1.54) is 17.8 Å². The van der Waals surface area contributed by atoms with Gasteiger partial charge in [0.25, 0.3) is 0 Å². The van der Waals surface area contributed by atoms with Crippen molar-refractivity contribution in [2.45, 2.75) is 29.6 Å². The lowest BCUT2D eigenvalue weighted by molar-refractivity contribution is -0.117. The maximum Gasteiger partial charge on any atom is 0.248 e. The van der Waals surface area contributed by atoms with Crippen LogP contribution in [0.15, 0.2) is 131 Å². The molecule has 0 atom stereocenters. The molecule has 0 fully saturated rings. The molecular formula is C37H32N4O2S2. The Morgan fingerprint density at radius 3 is 1.89 bits per heavy atom. The molecule has 6 nitrogen and oxygen atoms in total. The minimum atomic E-state index is -0.421. The number of nitrogens with one attached hydrogen (secondary N) is 1. The van der Waals surface area contributed by atoms with Gasteiger partial charge in [0.15, 0.2) is 0 Å². The largest absolute Gasteiger partial charge is 0.369 e. The molecule has 4 aromatic rings. The highest BCUT2D eigenvalue weighted by Crippen LogP contribution is 2.40. The zero-order valence-electron chi connectivity index (χ0n) is 24.9. The normalized spacial score (nSPS) is 11.3. The number of carbonyl (C=O) groups is 2. The van der Waals surface area contributed by atoms with Crippen molar-refractivity contribution in [3.63, 3.8) is 0 Å². The van der Waals surface area contributed by atoms with Gasteiger partial charge in [-0.2, -0.15) is 10.5 Å². The third-order valence-electron chi connectivity index (χ3n) is 6.63. The van der Waals surface area contributed by atoms with Crippen molar-refractivity contribution in [2.75, 3.05) is 18.0 Å². The molecule has 0 saturated heterocycles. The molecule has 1 amide bonds. The number of rotatable bonds is 13. The lowest BCUT2D eigenvalue weighted by Gasteiger charge is -2.24. The minimum absolute atomic E-state index is 0.182. The van der Waals surface area contributed by atoms with Gasteiger partial charge in [-0.3, -0.25) is 9.59 Å². The number of benzene rings is 4. The van der Waals surface area contributed by atoms with Crippen molar-refractivity contribution in [3.8, 4) is 12.1 Å². The topological polar surface area (TPSA) is 97.0 Å². The van der Waals surface area contributed by atoms with Crippen LogP contribution in [0.5, 0.6) is 0 Å². The average molecular weight is 629 g/mol. The van der Waals surface area contributed by atoms with Gasteiger partial charge in [-0.15, -0.1) is 0 Å². The lowest BCUT2D eigenvalue weighted by atomic mass is 10.1. The summed E-state index contributed by atoms with van der Waals surface area (Å²) >= 11 is 2.46. The van der Waals surface area contributed by atoms with E-state index < -0.39 is 5.91 Å². The SMILES string of the molecule is Cc1cc(N(CCC#N)CCC#N)ccc1/C(Sc1ccccc1)=C(\NC(=O)/C=C/c1ccccc1)C(=O)Sc1ccccc1. The minimum Gasteiger partial charge on any atom is -0.369 e. The third kappa shape index (κ3) is 10.0. The average Bonchev–Trinajstić information content (AvgIpc) is 3.07. The zero-order valence-corrected chi connectivity index (χ0v) is 26.5. The van der Waals surface area contributed by atoms with Crippen molar-refractivity contribution < 1.29 is 9.59 Å². The van der Waals surface area contributed by atoms with Gasteiger partial charge in [0.2, 0.25) is 11.0 Å². The van der Waals surface area contributed by atoms with E-state index in [0.29, 0.717) is 30.8 Å². The van der Waals surface area contributed by atoms with Crippen molar-refractivity contribution in [2.24, 2.45) is 0 Å². The van der Waals surface area contributed by atoms with Crippen LogP contribution in [-0.4, -0.2) is 24.1 Å². The number of hydrogen-bond acceptors (Lipinski definition) is 7. The summed E-state index contributed by atoms with van der Waals surface area (Å²) in [6.45, 7) is 2.96. The molecule has 0 aliphatic heterocycles. The van der Waals surface area contributed by atoms with Crippen LogP contribution in [0.4, 0.5) is 5.69 Å². The van der Waals surface area contributed by atoms with E-state index in [1.807, 2.05) is 121 Å². The first-order valence-electron chi connectivity index (χ1n) is 14.4. The standard InChI is InChI=1S/C37H32N4O2S2/c1-28-27-30(41(25-11-23-38)26-12-24-39)20-21-33(28)36(44-31-15-7-3-8-16-31)35(37(43)45-32-17-9-4-10-18-32)40-34(42)22-19-29-13-5-2-6-14-29/h2-10,13-22,27H,11-12,25-26H2,1H3,(H,40,42)/b22-19+,36-35+. The molecule has 1 N–H and O–H groups in total. The molecule has 0 aromatic heterocycles. The van der Waals surface area contributed by atoms with Crippen molar-refractivity contribution in [1.82, 2.24) is 5.32 Å². The first-order chi connectivity index (χ1) is 22.0. The summed E-state index contributed by atoms with van der Waals surface area (Å²) in [7, 11) is 0. The second-order valence-electron chi connectivity index (χ2n) is 9.86. The number of nitriles is 2. The number of hydrogen-bond donors (Lipinski definition) is 1. The fraction of sp³-hybridized carbons (Fsp3) is 0.135. The summed E-state index contributed by atoms with van der Waals surface area (Å²) in [5.41, 5.74) is 3.60. The fourth-order valence-corrected chi connectivity index (χ4v) is 6.38. The van der Waals surface area contributed by atoms with Crippen molar-refractivity contribution in [3.05, 3.63) is 138 Å².